The number of nitrogens with one attached hydrogen (secondary N) is 2. The topological polar surface area (TPSA) is 90.5 Å². The predicted molar refractivity (Wildman–Crippen MR) is 111 cm³/mol. The Balaban J connectivity index is 1.36. The summed E-state index contributed by atoms with van der Waals surface area (Å²) in [6.45, 7) is 2.06. The van der Waals surface area contributed by atoms with Gasteiger partial charge in [-0.3, -0.25) is 19.4 Å². The van der Waals surface area contributed by atoms with E-state index in [1.807, 2.05) is 35.7 Å². The minimum absolute atomic E-state index is 0.000745. The van der Waals surface area contributed by atoms with E-state index < -0.39 is 0 Å². The number of likely N-dealkylation sites (N-methyl/N-ethyl adjacent to an activating group) is 1. The minimum Gasteiger partial charge on any atom is -0.353 e. The fourth-order valence-corrected chi connectivity index (χ4v) is 4.77. The molecule has 8 nitrogen and oxygen atoms in total. The monoisotopic (exact) mass is 414 g/mol. The lowest BCUT2D eigenvalue weighted by Crippen LogP contribution is -2.49. The SMILES string of the molecule is CN1C(CCC(=O)Nc2ccccc2)CNC(=O)C2C1CCN2Cc1csnn1. The zero-order chi connectivity index (χ0) is 20.2. The Kier molecular flexibility index (Phi) is 6.17. The number of hydrogen-bond acceptors (Lipinski definition) is 7. The Labute approximate surface area is 174 Å². The first-order valence-corrected chi connectivity index (χ1v) is 10.8. The molecule has 3 atom stereocenters. The Morgan fingerprint density at radius 2 is 2.17 bits per heavy atom. The maximum Gasteiger partial charge on any atom is 0.239 e. The zero-order valence-electron chi connectivity index (χ0n) is 16.5. The van der Waals surface area contributed by atoms with Crippen LogP contribution >= 0.6 is 11.5 Å². The average Bonchev–Trinajstić information content (AvgIpc) is 3.36. The van der Waals surface area contributed by atoms with Crippen molar-refractivity contribution in [1.29, 1.82) is 0 Å². The summed E-state index contributed by atoms with van der Waals surface area (Å²) in [6.07, 6.45) is 2.05. The molecule has 1 aromatic carbocycles. The van der Waals surface area contributed by atoms with Crippen molar-refractivity contribution >= 4 is 29.0 Å². The van der Waals surface area contributed by atoms with Gasteiger partial charge in [-0.1, -0.05) is 22.7 Å². The highest BCUT2D eigenvalue weighted by molar-refractivity contribution is 7.03. The molecule has 1 aromatic heterocycles. The molecule has 0 saturated carbocycles. The Morgan fingerprint density at radius 3 is 2.93 bits per heavy atom. The molecule has 4 rings (SSSR count). The molecular weight excluding hydrogens is 388 g/mol. The molecule has 2 saturated heterocycles. The molecular formula is C20H26N6O2S. The van der Waals surface area contributed by atoms with Gasteiger partial charge in [0.05, 0.1) is 5.69 Å². The number of amides is 2. The number of benzene rings is 1. The molecule has 2 aliphatic heterocycles. The number of fused-ring (bicyclic) bond motifs is 1. The van der Waals surface area contributed by atoms with E-state index in [1.165, 1.54) is 11.5 Å². The van der Waals surface area contributed by atoms with Crippen LogP contribution in [-0.4, -0.2) is 69.5 Å². The van der Waals surface area contributed by atoms with Crippen LogP contribution in [0.1, 0.15) is 25.0 Å². The highest BCUT2D eigenvalue weighted by Crippen LogP contribution is 2.28. The van der Waals surface area contributed by atoms with Gasteiger partial charge in [0.25, 0.3) is 0 Å². The number of aromatic nitrogens is 2. The van der Waals surface area contributed by atoms with E-state index >= 15 is 0 Å². The van der Waals surface area contributed by atoms with Gasteiger partial charge >= 0.3 is 0 Å². The molecule has 3 heterocycles. The third-order valence-corrected chi connectivity index (χ3v) is 6.44. The standard InChI is InChI=1S/C20H26N6O2S/c1-25-16(7-8-18(27)22-14-5-3-2-4-6-14)11-21-20(28)19-17(25)9-10-26(19)12-15-13-29-24-23-15/h2-6,13,16-17,19H,7-12H2,1H3,(H,21,28)(H,22,27). The van der Waals surface area contributed by atoms with Crippen molar-refractivity contribution in [2.75, 3.05) is 25.5 Å². The quantitative estimate of drug-likeness (QED) is 0.741. The largest absolute Gasteiger partial charge is 0.353 e. The van der Waals surface area contributed by atoms with E-state index in [4.69, 9.17) is 0 Å². The molecule has 29 heavy (non-hydrogen) atoms. The van der Waals surface area contributed by atoms with Crippen molar-refractivity contribution in [3.05, 3.63) is 41.4 Å². The van der Waals surface area contributed by atoms with Crippen molar-refractivity contribution in [2.24, 2.45) is 0 Å². The molecule has 2 aliphatic rings. The maximum absolute atomic E-state index is 12.8. The van der Waals surface area contributed by atoms with Gasteiger partial charge in [0.2, 0.25) is 11.8 Å². The molecule has 0 aliphatic carbocycles. The normalized spacial score (nSPS) is 25.3. The number of rotatable bonds is 6. The molecule has 2 amide bonds. The second-order valence-corrected chi connectivity index (χ2v) is 8.29. The first-order valence-electron chi connectivity index (χ1n) is 9.96. The van der Waals surface area contributed by atoms with Crippen LogP contribution in [0.3, 0.4) is 0 Å². The molecule has 3 unspecified atom stereocenters. The van der Waals surface area contributed by atoms with Crippen LogP contribution in [0.5, 0.6) is 0 Å². The summed E-state index contributed by atoms with van der Waals surface area (Å²) in [6, 6.07) is 9.57. The molecule has 9 heteroatoms. The van der Waals surface area contributed by atoms with Gasteiger partial charge in [-0.25, -0.2) is 0 Å². The molecule has 2 aromatic rings. The second kappa shape index (κ2) is 8.98. The lowest BCUT2D eigenvalue weighted by atomic mass is 10.0. The summed E-state index contributed by atoms with van der Waals surface area (Å²) in [5, 5.41) is 12.1. The number of hydrogen-bond donors (Lipinski definition) is 2. The van der Waals surface area contributed by atoms with Crippen LogP contribution in [0.25, 0.3) is 0 Å². The summed E-state index contributed by atoms with van der Waals surface area (Å²) in [7, 11) is 2.08. The predicted octanol–water partition coefficient (Wildman–Crippen LogP) is 1.33. The first kappa shape index (κ1) is 19.9. The van der Waals surface area contributed by atoms with Gasteiger partial charge in [-0.2, -0.15) is 0 Å². The highest BCUT2D eigenvalue weighted by Gasteiger charge is 2.45. The van der Waals surface area contributed by atoms with Crippen molar-refractivity contribution < 1.29 is 9.59 Å². The number of likely N-dealkylation sites (tertiary alicyclic amines) is 1. The van der Waals surface area contributed by atoms with Gasteiger partial charge in [0, 0.05) is 49.2 Å². The smallest absolute Gasteiger partial charge is 0.239 e. The van der Waals surface area contributed by atoms with Crippen LogP contribution in [0.15, 0.2) is 35.7 Å². The Hall–Kier alpha value is -2.36. The average molecular weight is 415 g/mol. The minimum atomic E-state index is -0.190. The molecule has 0 bridgehead atoms. The Morgan fingerprint density at radius 1 is 1.34 bits per heavy atom. The van der Waals surface area contributed by atoms with E-state index in [0.717, 1.165) is 24.3 Å². The zero-order valence-corrected chi connectivity index (χ0v) is 17.3. The van der Waals surface area contributed by atoms with Crippen LogP contribution < -0.4 is 10.6 Å². The van der Waals surface area contributed by atoms with Crippen molar-refractivity contribution in [3.63, 3.8) is 0 Å². The van der Waals surface area contributed by atoms with E-state index in [9.17, 15) is 9.59 Å². The van der Waals surface area contributed by atoms with Gasteiger partial charge in [-0.05, 0) is 43.6 Å². The molecule has 0 spiro atoms. The number of anilines is 1. The van der Waals surface area contributed by atoms with Crippen molar-refractivity contribution in [2.45, 2.75) is 43.9 Å². The van der Waals surface area contributed by atoms with Crippen LogP contribution in [-0.2, 0) is 16.1 Å². The van der Waals surface area contributed by atoms with E-state index in [0.29, 0.717) is 25.9 Å². The lowest BCUT2D eigenvalue weighted by molar-refractivity contribution is -0.126. The molecule has 154 valence electrons. The number of carbonyl (C=O) groups excluding carboxylic acids is 2. The van der Waals surface area contributed by atoms with Crippen LogP contribution in [0.2, 0.25) is 0 Å². The van der Waals surface area contributed by atoms with Crippen molar-refractivity contribution in [3.8, 4) is 0 Å². The van der Waals surface area contributed by atoms with Crippen LogP contribution in [0.4, 0.5) is 5.69 Å². The summed E-state index contributed by atoms with van der Waals surface area (Å²) in [4.78, 5) is 29.6. The molecule has 2 fully saturated rings. The van der Waals surface area contributed by atoms with E-state index in [2.05, 4.69) is 37.1 Å². The fraction of sp³-hybridized carbons (Fsp3) is 0.500. The third kappa shape index (κ3) is 4.63. The van der Waals surface area contributed by atoms with E-state index in [1.54, 1.807) is 0 Å². The highest BCUT2D eigenvalue weighted by atomic mass is 32.1. The summed E-state index contributed by atoms with van der Waals surface area (Å²) < 4.78 is 3.92. The van der Waals surface area contributed by atoms with E-state index in [-0.39, 0.29) is 29.9 Å². The van der Waals surface area contributed by atoms with Gasteiger partial charge < -0.3 is 10.6 Å². The maximum atomic E-state index is 12.8. The van der Waals surface area contributed by atoms with Gasteiger partial charge in [0.15, 0.2) is 0 Å². The number of nitrogens with zero attached hydrogens (tertiary/aromatic N) is 4. The van der Waals surface area contributed by atoms with Crippen molar-refractivity contribution in [1.82, 2.24) is 24.7 Å². The molecule has 2 N–H and O–H groups in total. The summed E-state index contributed by atoms with van der Waals surface area (Å²) in [5.74, 6) is 0.0691. The summed E-state index contributed by atoms with van der Waals surface area (Å²) in [5.41, 5.74) is 1.72. The number of carbonyl (C=O) groups is 2. The number of para-hydroxylation sites is 1. The first-order chi connectivity index (χ1) is 14.1. The Bertz CT molecular complexity index is 831. The second-order valence-electron chi connectivity index (χ2n) is 7.68. The van der Waals surface area contributed by atoms with Gasteiger partial charge in [-0.15, -0.1) is 5.10 Å². The fourth-order valence-electron chi connectivity index (χ4n) is 4.33. The third-order valence-electron chi connectivity index (χ3n) is 5.88. The summed E-state index contributed by atoms with van der Waals surface area (Å²) >= 11 is 1.33. The van der Waals surface area contributed by atoms with Gasteiger partial charge in [0.1, 0.15) is 6.04 Å². The van der Waals surface area contributed by atoms with Crippen LogP contribution in [0, 0.1) is 0 Å². The molecule has 0 radical (unpaired) electrons. The lowest BCUT2D eigenvalue weighted by Gasteiger charge is -2.33.